The van der Waals surface area contributed by atoms with Crippen molar-refractivity contribution >= 4 is 35.1 Å². The molecule has 0 bridgehead atoms. The maximum atomic E-state index is 10.4. The minimum Gasteiger partial charge on any atom is -0.480 e. The first kappa shape index (κ1) is 10.7. The van der Waals surface area contributed by atoms with Crippen molar-refractivity contribution in [2.45, 2.75) is 13.0 Å². The van der Waals surface area contributed by atoms with Crippen molar-refractivity contribution in [2.75, 3.05) is 7.05 Å². The number of nitrogens with one attached hydrogen (secondary N) is 1. The molecule has 0 aromatic rings. The van der Waals surface area contributed by atoms with Crippen molar-refractivity contribution in [1.29, 1.82) is 0 Å². The molecule has 0 aromatic heterocycles. The summed E-state index contributed by atoms with van der Waals surface area (Å²) in [6.45, 7) is 1.52. The minimum atomic E-state index is -0.948. The number of thiol groups is 1. The van der Waals surface area contributed by atoms with Crippen LogP contribution in [0.15, 0.2) is 0 Å². The molecular formula is C5H10N2O2S2. The normalized spacial score (nSPS) is 12.3. The van der Waals surface area contributed by atoms with Crippen LogP contribution in [0.5, 0.6) is 0 Å². The Kier molecular flexibility index (Phi) is 4.39. The second kappa shape index (κ2) is 4.53. The van der Waals surface area contributed by atoms with Gasteiger partial charge in [-0.15, -0.1) is 12.6 Å². The standard InChI is InChI=1S/C5H10N2O2S2/c1-3(4(8)9)7(6-2)5(10)11/h3,6H,1-2H3,(H,8,9)(H,10,11)/t3-/m0/s1. The van der Waals surface area contributed by atoms with Gasteiger partial charge in [-0.1, -0.05) is 12.2 Å². The summed E-state index contributed by atoms with van der Waals surface area (Å²) >= 11 is 8.51. The second-order valence-corrected chi connectivity index (χ2v) is 3.00. The van der Waals surface area contributed by atoms with E-state index in [0.717, 1.165) is 0 Å². The van der Waals surface area contributed by atoms with E-state index < -0.39 is 12.0 Å². The Bertz CT molecular complexity index is 174. The summed E-state index contributed by atoms with van der Waals surface area (Å²) in [6.07, 6.45) is 0. The fourth-order valence-corrected chi connectivity index (χ4v) is 1.09. The smallest absolute Gasteiger partial charge is 0.327 e. The SMILES string of the molecule is CNN(C(=S)S)[C@@H](C)C(=O)O. The van der Waals surface area contributed by atoms with E-state index in [1.807, 2.05) is 0 Å². The number of hydrogen-bond donors (Lipinski definition) is 3. The zero-order chi connectivity index (χ0) is 9.02. The second-order valence-electron chi connectivity index (χ2n) is 1.89. The molecule has 0 aromatic carbocycles. The van der Waals surface area contributed by atoms with E-state index in [2.05, 4.69) is 30.3 Å². The van der Waals surface area contributed by atoms with Crippen molar-refractivity contribution < 1.29 is 9.90 Å². The van der Waals surface area contributed by atoms with Gasteiger partial charge in [0.1, 0.15) is 10.4 Å². The Labute approximate surface area is 75.9 Å². The van der Waals surface area contributed by atoms with Crippen molar-refractivity contribution in [1.82, 2.24) is 10.4 Å². The van der Waals surface area contributed by atoms with Gasteiger partial charge in [0.25, 0.3) is 0 Å². The number of carbonyl (C=O) groups is 1. The van der Waals surface area contributed by atoms with E-state index in [1.54, 1.807) is 7.05 Å². The van der Waals surface area contributed by atoms with Gasteiger partial charge < -0.3 is 5.11 Å². The van der Waals surface area contributed by atoms with Crippen LogP contribution in [0.25, 0.3) is 0 Å². The molecule has 0 saturated carbocycles. The van der Waals surface area contributed by atoms with Crippen LogP contribution < -0.4 is 5.43 Å². The molecule has 0 rings (SSSR count). The van der Waals surface area contributed by atoms with Crippen LogP contribution in [0.4, 0.5) is 0 Å². The Morgan fingerprint density at radius 1 is 1.82 bits per heavy atom. The number of rotatable bonds is 3. The Balaban J connectivity index is 4.25. The monoisotopic (exact) mass is 194 g/mol. The fraction of sp³-hybridized carbons (Fsp3) is 0.600. The molecule has 0 spiro atoms. The quantitative estimate of drug-likeness (QED) is 0.338. The van der Waals surface area contributed by atoms with E-state index in [0.29, 0.717) is 0 Å². The van der Waals surface area contributed by atoms with Crippen LogP contribution in [-0.4, -0.2) is 33.5 Å². The van der Waals surface area contributed by atoms with Crippen LogP contribution in [0.2, 0.25) is 0 Å². The van der Waals surface area contributed by atoms with Gasteiger partial charge in [0.2, 0.25) is 0 Å². The highest BCUT2D eigenvalue weighted by molar-refractivity contribution is 8.10. The lowest BCUT2D eigenvalue weighted by Crippen LogP contribution is -2.47. The number of thiocarbonyl (C=S) groups is 1. The number of nitrogens with zero attached hydrogens (tertiary/aromatic N) is 1. The summed E-state index contributed by atoms with van der Waals surface area (Å²) in [6, 6.07) is -0.704. The third-order valence-corrected chi connectivity index (χ3v) is 1.60. The first-order chi connectivity index (χ1) is 5.00. The van der Waals surface area contributed by atoms with Gasteiger partial charge in [-0.05, 0) is 6.92 Å². The van der Waals surface area contributed by atoms with Crippen molar-refractivity contribution in [3.63, 3.8) is 0 Å². The Hall–Kier alpha value is -0.330. The predicted octanol–water partition coefficient (Wildman–Crippen LogP) is 0.111. The molecule has 6 heteroatoms. The van der Waals surface area contributed by atoms with E-state index >= 15 is 0 Å². The van der Waals surface area contributed by atoms with E-state index in [9.17, 15) is 4.79 Å². The van der Waals surface area contributed by atoms with Gasteiger partial charge in [-0.25, -0.2) is 10.2 Å². The average Bonchev–Trinajstić information content (AvgIpc) is 1.88. The molecule has 0 unspecified atom stereocenters. The molecule has 0 aliphatic rings. The van der Waals surface area contributed by atoms with Crippen molar-refractivity contribution in [2.24, 2.45) is 0 Å². The molecule has 0 aliphatic carbocycles. The molecule has 11 heavy (non-hydrogen) atoms. The maximum Gasteiger partial charge on any atom is 0.327 e. The molecule has 0 fully saturated rings. The first-order valence-electron chi connectivity index (χ1n) is 2.93. The van der Waals surface area contributed by atoms with Crippen LogP contribution in [0, 0.1) is 0 Å². The molecule has 0 saturated heterocycles. The molecule has 0 amide bonds. The third-order valence-electron chi connectivity index (χ3n) is 1.19. The van der Waals surface area contributed by atoms with Gasteiger partial charge in [0, 0.05) is 7.05 Å². The lowest BCUT2D eigenvalue weighted by Gasteiger charge is -2.24. The van der Waals surface area contributed by atoms with Crippen LogP contribution in [-0.2, 0) is 4.79 Å². The molecule has 4 nitrogen and oxygen atoms in total. The molecule has 1 atom stereocenters. The number of aliphatic carboxylic acids is 1. The third kappa shape index (κ3) is 3.04. The number of carboxylic acid groups (broad SMARTS) is 1. The van der Waals surface area contributed by atoms with Gasteiger partial charge in [-0.3, -0.25) is 5.01 Å². The number of hydrazine groups is 1. The zero-order valence-electron chi connectivity index (χ0n) is 6.24. The van der Waals surface area contributed by atoms with Gasteiger partial charge >= 0.3 is 5.97 Å². The average molecular weight is 194 g/mol. The summed E-state index contributed by atoms with van der Waals surface area (Å²) in [5.74, 6) is -0.948. The first-order valence-corrected chi connectivity index (χ1v) is 3.78. The molecule has 0 heterocycles. The highest BCUT2D eigenvalue weighted by atomic mass is 32.1. The highest BCUT2D eigenvalue weighted by Gasteiger charge is 2.19. The molecule has 0 radical (unpaired) electrons. The van der Waals surface area contributed by atoms with E-state index in [1.165, 1.54) is 11.9 Å². The topological polar surface area (TPSA) is 52.6 Å². The minimum absolute atomic E-state index is 0.211. The summed E-state index contributed by atoms with van der Waals surface area (Å²) in [7, 11) is 1.59. The summed E-state index contributed by atoms with van der Waals surface area (Å²) in [5.41, 5.74) is 2.62. The van der Waals surface area contributed by atoms with Crippen LogP contribution in [0.1, 0.15) is 6.92 Å². The summed E-state index contributed by atoms with van der Waals surface area (Å²) in [5, 5.41) is 9.84. The maximum absolute atomic E-state index is 10.4. The lowest BCUT2D eigenvalue weighted by molar-refractivity contribution is -0.141. The van der Waals surface area contributed by atoms with Crippen LogP contribution >= 0.6 is 24.8 Å². The lowest BCUT2D eigenvalue weighted by atomic mass is 10.3. The fourth-order valence-electron chi connectivity index (χ4n) is 0.565. The van der Waals surface area contributed by atoms with E-state index in [4.69, 9.17) is 5.11 Å². The number of hydrogen-bond acceptors (Lipinski definition) is 3. The summed E-state index contributed by atoms with van der Waals surface area (Å²) in [4.78, 5) is 10.4. The molecule has 64 valence electrons. The van der Waals surface area contributed by atoms with Gasteiger partial charge in [-0.2, -0.15) is 0 Å². The van der Waals surface area contributed by atoms with Crippen molar-refractivity contribution in [3.05, 3.63) is 0 Å². The molecule has 2 N–H and O–H groups in total. The molecular weight excluding hydrogens is 184 g/mol. The van der Waals surface area contributed by atoms with Gasteiger partial charge in [0.05, 0.1) is 0 Å². The summed E-state index contributed by atoms with van der Waals surface area (Å²) < 4.78 is 0.211. The van der Waals surface area contributed by atoms with Crippen LogP contribution in [0.3, 0.4) is 0 Å². The largest absolute Gasteiger partial charge is 0.480 e. The Morgan fingerprint density at radius 3 is 2.36 bits per heavy atom. The Morgan fingerprint density at radius 2 is 2.27 bits per heavy atom. The zero-order valence-corrected chi connectivity index (χ0v) is 7.95. The molecule has 0 aliphatic heterocycles. The van der Waals surface area contributed by atoms with Gasteiger partial charge in [0.15, 0.2) is 0 Å². The highest BCUT2D eigenvalue weighted by Crippen LogP contribution is 1.99. The van der Waals surface area contributed by atoms with E-state index in [-0.39, 0.29) is 4.32 Å². The predicted molar refractivity (Wildman–Crippen MR) is 49.6 cm³/mol. The van der Waals surface area contributed by atoms with Crippen molar-refractivity contribution in [3.8, 4) is 0 Å². The number of carboxylic acids is 1.